The Balaban J connectivity index is 2.16. The van der Waals surface area contributed by atoms with E-state index in [-0.39, 0.29) is 18.1 Å². The summed E-state index contributed by atoms with van der Waals surface area (Å²) in [4.78, 5) is 23.2. The Morgan fingerprint density at radius 3 is 2.68 bits per heavy atom. The van der Waals surface area contributed by atoms with Crippen molar-refractivity contribution < 1.29 is 14.7 Å². The van der Waals surface area contributed by atoms with Gasteiger partial charge >= 0.3 is 5.97 Å². The fourth-order valence-electron chi connectivity index (χ4n) is 2.19. The molecule has 2 aromatic rings. The number of benzene rings is 1. The minimum Gasteiger partial charge on any atom is -0.476 e. The number of aryl methyl sites for hydroxylation is 1. The van der Waals surface area contributed by atoms with Gasteiger partial charge in [-0.3, -0.25) is 4.79 Å². The zero-order chi connectivity index (χ0) is 16.3. The van der Waals surface area contributed by atoms with Crippen molar-refractivity contribution in [1.29, 1.82) is 0 Å². The number of hydrogen-bond acceptors (Lipinski definition) is 4. The molecule has 0 bridgehead atoms. The highest BCUT2D eigenvalue weighted by Gasteiger charge is 2.19. The van der Waals surface area contributed by atoms with Crippen molar-refractivity contribution in [2.45, 2.75) is 33.7 Å². The van der Waals surface area contributed by atoms with Crippen molar-refractivity contribution in [3.05, 3.63) is 40.7 Å². The average Bonchev–Trinajstić information content (AvgIpc) is 2.86. The zero-order valence-electron chi connectivity index (χ0n) is 12.8. The third kappa shape index (κ3) is 3.13. The molecular formula is C15H18N4O3. The number of nitrogens with one attached hydrogen (secondary N) is 1. The molecule has 0 saturated heterocycles. The van der Waals surface area contributed by atoms with Gasteiger partial charge in [-0.05, 0) is 37.5 Å². The first-order valence-corrected chi connectivity index (χ1v) is 6.95. The molecule has 116 valence electrons. The number of carbonyl (C=O) groups excluding carboxylic acids is 1. The Morgan fingerprint density at radius 1 is 1.32 bits per heavy atom. The molecule has 7 heteroatoms. The molecule has 0 spiro atoms. The number of carbonyl (C=O) groups is 2. The molecule has 0 aliphatic rings. The monoisotopic (exact) mass is 302 g/mol. The van der Waals surface area contributed by atoms with Gasteiger partial charge in [-0.25, -0.2) is 9.48 Å². The van der Waals surface area contributed by atoms with E-state index in [0.29, 0.717) is 12.1 Å². The van der Waals surface area contributed by atoms with Crippen molar-refractivity contribution in [3.63, 3.8) is 0 Å². The Hall–Kier alpha value is -2.70. The van der Waals surface area contributed by atoms with Gasteiger partial charge in [-0.15, -0.1) is 5.10 Å². The number of aromatic nitrogens is 3. The summed E-state index contributed by atoms with van der Waals surface area (Å²) in [5.41, 5.74) is 3.14. The minimum absolute atomic E-state index is 0.0726. The van der Waals surface area contributed by atoms with Gasteiger partial charge in [0.1, 0.15) is 6.54 Å². The van der Waals surface area contributed by atoms with Gasteiger partial charge in [0.25, 0.3) is 0 Å². The van der Waals surface area contributed by atoms with E-state index in [1.807, 2.05) is 32.0 Å². The van der Waals surface area contributed by atoms with E-state index in [1.165, 1.54) is 4.68 Å². The van der Waals surface area contributed by atoms with Crippen LogP contribution in [-0.2, 0) is 17.8 Å². The molecule has 0 aliphatic heterocycles. The third-order valence-electron chi connectivity index (χ3n) is 3.55. The predicted octanol–water partition coefficient (Wildman–Crippen LogP) is 1.79. The number of anilines is 1. The lowest BCUT2D eigenvalue weighted by Crippen LogP contribution is -2.21. The molecular weight excluding hydrogens is 284 g/mol. The summed E-state index contributed by atoms with van der Waals surface area (Å²) >= 11 is 0. The Kier molecular flexibility index (Phi) is 4.55. The summed E-state index contributed by atoms with van der Waals surface area (Å²) in [5, 5.41) is 19.2. The summed E-state index contributed by atoms with van der Waals surface area (Å²) in [5.74, 6) is -1.41. The Bertz CT molecular complexity index is 722. The van der Waals surface area contributed by atoms with Crippen molar-refractivity contribution >= 4 is 17.6 Å². The van der Waals surface area contributed by atoms with Crippen LogP contribution in [0.15, 0.2) is 18.2 Å². The van der Waals surface area contributed by atoms with E-state index < -0.39 is 5.97 Å². The highest BCUT2D eigenvalue weighted by molar-refractivity contribution is 5.92. The van der Waals surface area contributed by atoms with Crippen LogP contribution < -0.4 is 5.32 Å². The summed E-state index contributed by atoms with van der Waals surface area (Å²) in [6, 6.07) is 5.66. The van der Waals surface area contributed by atoms with Crippen molar-refractivity contribution in [2.75, 3.05) is 5.32 Å². The molecule has 0 fully saturated rings. The van der Waals surface area contributed by atoms with Gasteiger partial charge in [0.15, 0.2) is 5.69 Å². The van der Waals surface area contributed by atoms with Crippen LogP contribution in [0.1, 0.15) is 34.2 Å². The minimum atomic E-state index is -1.14. The van der Waals surface area contributed by atoms with Gasteiger partial charge < -0.3 is 10.4 Å². The molecule has 0 saturated carbocycles. The first kappa shape index (κ1) is 15.7. The van der Waals surface area contributed by atoms with Crippen LogP contribution in [-0.4, -0.2) is 32.0 Å². The van der Waals surface area contributed by atoms with E-state index in [9.17, 15) is 9.59 Å². The molecule has 0 unspecified atom stereocenters. The first-order chi connectivity index (χ1) is 10.4. The summed E-state index contributed by atoms with van der Waals surface area (Å²) in [6.45, 7) is 5.62. The Morgan fingerprint density at radius 2 is 2.05 bits per heavy atom. The number of amides is 1. The van der Waals surface area contributed by atoms with Gasteiger partial charge in [0.2, 0.25) is 5.91 Å². The highest BCUT2D eigenvalue weighted by Crippen LogP contribution is 2.18. The first-order valence-electron chi connectivity index (χ1n) is 6.95. The highest BCUT2D eigenvalue weighted by atomic mass is 16.4. The van der Waals surface area contributed by atoms with Crippen LogP contribution in [0.3, 0.4) is 0 Å². The second-order valence-electron chi connectivity index (χ2n) is 5.00. The van der Waals surface area contributed by atoms with Crippen LogP contribution in [0.2, 0.25) is 0 Å². The van der Waals surface area contributed by atoms with Gasteiger partial charge in [-0.2, -0.15) is 0 Å². The molecule has 0 radical (unpaired) electrons. The normalized spacial score (nSPS) is 10.5. The maximum Gasteiger partial charge on any atom is 0.358 e. The molecule has 1 aromatic heterocycles. The van der Waals surface area contributed by atoms with Crippen molar-refractivity contribution in [2.24, 2.45) is 0 Å². The van der Waals surface area contributed by atoms with Gasteiger partial charge in [0.05, 0.1) is 5.69 Å². The maximum absolute atomic E-state index is 12.1. The number of carboxylic acid groups (broad SMARTS) is 1. The van der Waals surface area contributed by atoms with Gasteiger partial charge in [0, 0.05) is 5.69 Å². The summed E-state index contributed by atoms with van der Waals surface area (Å²) in [6.07, 6.45) is 0.436. The zero-order valence-corrected chi connectivity index (χ0v) is 12.8. The van der Waals surface area contributed by atoms with E-state index in [1.54, 1.807) is 6.92 Å². The largest absolute Gasteiger partial charge is 0.476 e. The van der Waals surface area contributed by atoms with Crippen molar-refractivity contribution in [1.82, 2.24) is 15.0 Å². The van der Waals surface area contributed by atoms with Crippen molar-refractivity contribution in [3.8, 4) is 0 Å². The van der Waals surface area contributed by atoms with Crippen LogP contribution in [0.4, 0.5) is 5.69 Å². The van der Waals surface area contributed by atoms with Crippen LogP contribution >= 0.6 is 0 Å². The molecule has 0 aliphatic carbocycles. The lowest BCUT2D eigenvalue weighted by Gasteiger charge is -2.11. The SMILES string of the molecule is CCc1c(C(=O)O)nnn1CC(=O)Nc1cccc(C)c1C. The van der Waals surface area contributed by atoms with E-state index in [4.69, 9.17) is 5.11 Å². The van der Waals surface area contributed by atoms with E-state index in [0.717, 1.165) is 16.8 Å². The third-order valence-corrected chi connectivity index (χ3v) is 3.55. The maximum atomic E-state index is 12.1. The molecule has 2 N–H and O–H groups in total. The molecule has 22 heavy (non-hydrogen) atoms. The van der Waals surface area contributed by atoms with Crippen LogP contribution in [0.25, 0.3) is 0 Å². The number of hydrogen-bond donors (Lipinski definition) is 2. The molecule has 1 heterocycles. The lowest BCUT2D eigenvalue weighted by molar-refractivity contribution is -0.117. The quantitative estimate of drug-likeness (QED) is 0.877. The second kappa shape index (κ2) is 6.38. The molecule has 1 aromatic carbocycles. The van der Waals surface area contributed by atoms with Gasteiger partial charge in [-0.1, -0.05) is 24.3 Å². The number of carboxylic acids is 1. The fourth-order valence-corrected chi connectivity index (χ4v) is 2.19. The molecule has 0 atom stereocenters. The topological polar surface area (TPSA) is 97.1 Å². The van der Waals surface area contributed by atoms with Crippen LogP contribution in [0.5, 0.6) is 0 Å². The summed E-state index contributed by atoms with van der Waals surface area (Å²) in [7, 11) is 0. The number of aromatic carboxylic acids is 1. The molecule has 7 nitrogen and oxygen atoms in total. The van der Waals surface area contributed by atoms with E-state index in [2.05, 4.69) is 15.6 Å². The van der Waals surface area contributed by atoms with E-state index >= 15 is 0 Å². The average molecular weight is 302 g/mol. The fraction of sp³-hybridized carbons (Fsp3) is 0.333. The second-order valence-corrected chi connectivity index (χ2v) is 5.00. The lowest BCUT2D eigenvalue weighted by atomic mass is 10.1. The van der Waals surface area contributed by atoms with Crippen LogP contribution in [0, 0.1) is 13.8 Å². The Labute approximate surface area is 128 Å². The molecule has 1 amide bonds. The smallest absolute Gasteiger partial charge is 0.358 e. The number of rotatable bonds is 5. The predicted molar refractivity (Wildman–Crippen MR) is 80.9 cm³/mol. The molecule has 2 rings (SSSR count). The standard InChI is InChI=1S/C15H18N4O3/c1-4-12-14(15(21)22)17-18-19(12)8-13(20)16-11-7-5-6-9(2)10(11)3/h5-7H,4,8H2,1-3H3,(H,16,20)(H,21,22). The number of nitrogens with zero attached hydrogens (tertiary/aromatic N) is 3. The summed E-state index contributed by atoms with van der Waals surface area (Å²) < 4.78 is 1.32.